The highest BCUT2D eigenvalue weighted by Gasteiger charge is 2.26. The molecule has 162 valence electrons. The molecule has 0 aliphatic rings. The van der Waals surface area contributed by atoms with Crippen LogP contribution in [0.3, 0.4) is 0 Å². The highest BCUT2D eigenvalue weighted by molar-refractivity contribution is 5.90. The topological polar surface area (TPSA) is 84.5 Å². The first-order valence-corrected chi connectivity index (χ1v) is 10.3. The fourth-order valence-corrected chi connectivity index (χ4v) is 3.15. The summed E-state index contributed by atoms with van der Waals surface area (Å²) < 4.78 is 18.3. The molecule has 6 nitrogen and oxygen atoms in total. The van der Waals surface area contributed by atoms with E-state index >= 15 is 0 Å². The van der Waals surface area contributed by atoms with E-state index < -0.39 is 29.8 Å². The lowest BCUT2D eigenvalue weighted by Gasteiger charge is -2.22. The lowest BCUT2D eigenvalue weighted by atomic mass is 10.0. The van der Waals surface area contributed by atoms with Crippen LogP contribution >= 0.6 is 0 Å². The van der Waals surface area contributed by atoms with Gasteiger partial charge < -0.3 is 15.4 Å². The van der Waals surface area contributed by atoms with E-state index in [-0.39, 0.29) is 12.3 Å². The standard InChI is InChI=1S/C22H33FN2O4/c1-4-5-6-7-8-9-13-19(22(28)29-3)25-21(27)20(24-16(2)26)15-17-11-10-12-18(23)14-17/h10-12,14,19-20H,4-9,13,15H2,1-3H3,(H,24,26)(H,25,27)/t19-,20-/m1/s1. The Morgan fingerprint density at radius 1 is 1.03 bits per heavy atom. The van der Waals surface area contributed by atoms with Gasteiger partial charge in [0.25, 0.3) is 0 Å². The highest BCUT2D eigenvalue weighted by atomic mass is 19.1. The minimum Gasteiger partial charge on any atom is -0.467 e. The monoisotopic (exact) mass is 408 g/mol. The van der Waals surface area contributed by atoms with Gasteiger partial charge in [0.05, 0.1) is 7.11 Å². The molecule has 2 amide bonds. The number of hydrogen-bond donors (Lipinski definition) is 2. The number of benzene rings is 1. The molecule has 0 spiro atoms. The Morgan fingerprint density at radius 3 is 2.34 bits per heavy atom. The van der Waals surface area contributed by atoms with Gasteiger partial charge in [-0.25, -0.2) is 9.18 Å². The molecule has 0 saturated heterocycles. The molecule has 0 unspecified atom stereocenters. The van der Waals surface area contributed by atoms with Crippen molar-refractivity contribution in [1.29, 1.82) is 0 Å². The Hall–Kier alpha value is -2.44. The van der Waals surface area contributed by atoms with Crippen LogP contribution in [0.25, 0.3) is 0 Å². The lowest BCUT2D eigenvalue weighted by molar-refractivity contribution is -0.145. The summed E-state index contributed by atoms with van der Waals surface area (Å²) in [6.45, 7) is 3.46. The van der Waals surface area contributed by atoms with Crippen LogP contribution in [0.2, 0.25) is 0 Å². The van der Waals surface area contributed by atoms with Gasteiger partial charge >= 0.3 is 5.97 Å². The molecule has 29 heavy (non-hydrogen) atoms. The van der Waals surface area contributed by atoms with Crippen molar-refractivity contribution in [3.8, 4) is 0 Å². The Morgan fingerprint density at radius 2 is 1.72 bits per heavy atom. The minimum atomic E-state index is -0.911. The van der Waals surface area contributed by atoms with E-state index in [0.717, 1.165) is 32.1 Å². The number of unbranched alkanes of at least 4 members (excludes halogenated alkanes) is 5. The van der Waals surface area contributed by atoms with E-state index in [0.29, 0.717) is 12.0 Å². The van der Waals surface area contributed by atoms with Gasteiger partial charge in [0.15, 0.2) is 0 Å². The molecule has 0 radical (unpaired) electrons. The molecular formula is C22H33FN2O4. The normalized spacial score (nSPS) is 12.7. The molecule has 1 aromatic rings. The maximum absolute atomic E-state index is 13.4. The van der Waals surface area contributed by atoms with Crippen LogP contribution in [0, 0.1) is 5.82 Å². The maximum atomic E-state index is 13.4. The fourth-order valence-electron chi connectivity index (χ4n) is 3.15. The number of hydrogen-bond acceptors (Lipinski definition) is 4. The van der Waals surface area contributed by atoms with Crippen LogP contribution in [0.4, 0.5) is 4.39 Å². The predicted molar refractivity (Wildman–Crippen MR) is 110 cm³/mol. The molecule has 0 fully saturated rings. The third-order valence-electron chi connectivity index (χ3n) is 4.67. The molecule has 0 saturated carbocycles. The van der Waals surface area contributed by atoms with Crippen molar-refractivity contribution in [3.63, 3.8) is 0 Å². The SMILES string of the molecule is CCCCCCCC[C@@H](NC(=O)[C@@H](Cc1cccc(F)c1)NC(C)=O)C(=O)OC. The first-order valence-electron chi connectivity index (χ1n) is 10.3. The number of methoxy groups -OCH3 is 1. The molecule has 7 heteroatoms. The maximum Gasteiger partial charge on any atom is 0.328 e. The molecular weight excluding hydrogens is 375 g/mol. The molecule has 0 aromatic heterocycles. The Balaban J connectivity index is 2.72. The highest BCUT2D eigenvalue weighted by Crippen LogP contribution is 2.11. The summed E-state index contributed by atoms with van der Waals surface area (Å²) in [7, 11) is 1.28. The van der Waals surface area contributed by atoms with Gasteiger partial charge in [-0.15, -0.1) is 0 Å². The van der Waals surface area contributed by atoms with Crippen LogP contribution < -0.4 is 10.6 Å². The smallest absolute Gasteiger partial charge is 0.328 e. The number of nitrogens with one attached hydrogen (secondary N) is 2. The molecule has 0 heterocycles. The van der Waals surface area contributed by atoms with Crippen molar-refractivity contribution in [2.24, 2.45) is 0 Å². The van der Waals surface area contributed by atoms with Gasteiger partial charge in [-0.3, -0.25) is 9.59 Å². The third kappa shape index (κ3) is 10.1. The zero-order chi connectivity index (χ0) is 21.6. The molecule has 1 aromatic carbocycles. The molecule has 0 bridgehead atoms. The van der Waals surface area contributed by atoms with Gasteiger partial charge in [0.2, 0.25) is 11.8 Å². The average Bonchev–Trinajstić information content (AvgIpc) is 2.68. The van der Waals surface area contributed by atoms with Crippen molar-refractivity contribution < 1.29 is 23.5 Å². The first-order chi connectivity index (χ1) is 13.9. The first kappa shape index (κ1) is 24.6. The zero-order valence-corrected chi connectivity index (χ0v) is 17.6. The minimum absolute atomic E-state index is 0.119. The predicted octanol–water partition coefficient (Wildman–Crippen LogP) is 3.28. The van der Waals surface area contributed by atoms with Crippen molar-refractivity contribution in [1.82, 2.24) is 10.6 Å². The van der Waals surface area contributed by atoms with Crippen LogP contribution in [0.15, 0.2) is 24.3 Å². The Bertz CT molecular complexity index is 666. The number of carbonyl (C=O) groups is 3. The van der Waals surface area contributed by atoms with Crippen LogP contribution in [-0.4, -0.2) is 37.0 Å². The van der Waals surface area contributed by atoms with Crippen molar-refractivity contribution in [2.75, 3.05) is 7.11 Å². The van der Waals surface area contributed by atoms with E-state index in [1.54, 1.807) is 12.1 Å². The summed E-state index contributed by atoms with van der Waals surface area (Å²) >= 11 is 0. The second kappa shape index (κ2) is 13.7. The number of esters is 1. The Kier molecular flexibility index (Phi) is 11.6. The van der Waals surface area contributed by atoms with E-state index in [4.69, 9.17) is 4.74 Å². The van der Waals surface area contributed by atoms with E-state index in [2.05, 4.69) is 17.6 Å². The van der Waals surface area contributed by atoms with Crippen molar-refractivity contribution >= 4 is 17.8 Å². The molecule has 2 atom stereocenters. The molecule has 0 aliphatic heterocycles. The van der Waals surface area contributed by atoms with E-state index in [1.807, 2.05) is 0 Å². The van der Waals surface area contributed by atoms with Crippen molar-refractivity contribution in [2.45, 2.75) is 77.3 Å². The quantitative estimate of drug-likeness (QED) is 0.387. The summed E-state index contributed by atoms with van der Waals surface area (Å²) in [6.07, 6.45) is 6.95. The number of amides is 2. The van der Waals surface area contributed by atoms with E-state index in [1.165, 1.54) is 32.6 Å². The number of carbonyl (C=O) groups excluding carboxylic acids is 3. The molecule has 1 rings (SSSR count). The van der Waals surface area contributed by atoms with Crippen molar-refractivity contribution in [3.05, 3.63) is 35.6 Å². The largest absolute Gasteiger partial charge is 0.467 e. The Labute approximate surface area is 172 Å². The number of rotatable bonds is 13. The molecule has 2 N–H and O–H groups in total. The zero-order valence-electron chi connectivity index (χ0n) is 17.6. The van der Waals surface area contributed by atoms with Crippen LogP contribution in [0.1, 0.15) is 64.4 Å². The second-order valence-corrected chi connectivity index (χ2v) is 7.23. The summed E-state index contributed by atoms with van der Waals surface area (Å²) in [5.74, 6) is -1.81. The van der Waals surface area contributed by atoms with Crippen LogP contribution in [-0.2, 0) is 25.5 Å². The molecule has 0 aliphatic carbocycles. The van der Waals surface area contributed by atoms with Gasteiger partial charge in [-0.05, 0) is 24.1 Å². The summed E-state index contributed by atoms with van der Waals surface area (Å²) in [5.41, 5.74) is 0.574. The van der Waals surface area contributed by atoms with Gasteiger partial charge in [0.1, 0.15) is 17.9 Å². The average molecular weight is 409 g/mol. The summed E-state index contributed by atoms with van der Waals surface area (Å²) in [6, 6.07) is 4.16. The third-order valence-corrected chi connectivity index (χ3v) is 4.67. The fraction of sp³-hybridized carbons (Fsp3) is 0.591. The second-order valence-electron chi connectivity index (χ2n) is 7.23. The number of halogens is 1. The van der Waals surface area contributed by atoms with Crippen LogP contribution in [0.5, 0.6) is 0 Å². The lowest BCUT2D eigenvalue weighted by Crippen LogP contribution is -2.52. The van der Waals surface area contributed by atoms with E-state index in [9.17, 15) is 18.8 Å². The summed E-state index contributed by atoms with van der Waals surface area (Å²) in [4.78, 5) is 36.4. The number of ether oxygens (including phenoxy) is 1. The van der Waals surface area contributed by atoms with Gasteiger partial charge in [0, 0.05) is 13.3 Å². The van der Waals surface area contributed by atoms with Gasteiger partial charge in [-0.2, -0.15) is 0 Å². The summed E-state index contributed by atoms with van der Waals surface area (Å²) in [5, 5.41) is 5.26. The van der Waals surface area contributed by atoms with Gasteiger partial charge in [-0.1, -0.05) is 57.6 Å².